The minimum atomic E-state index is -2.49. The maximum Gasteiger partial charge on any atom is 0.248 e. The number of pyridine rings is 2. The standard InChI is InChI=1S/C19H19F2N3O/c20-19(21)6-3-13(4-7-19)12-24-8-5-16-17(24)9-15(11-22-16)14-1-2-18(25)23-10-14/h1-2,5,8-11,13H,3-4,6-7,12H2,(H,23,25). The van der Waals surface area contributed by atoms with Crippen molar-refractivity contribution in [2.75, 3.05) is 0 Å². The number of fused-ring (bicyclic) bond motifs is 1. The summed E-state index contributed by atoms with van der Waals surface area (Å²) in [5.74, 6) is -2.22. The predicted octanol–water partition coefficient (Wildman–Crippen LogP) is 4.22. The number of H-pyrrole nitrogens is 1. The zero-order valence-corrected chi connectivity index (χ0v) is 13.7. The number of aromatic amines is 1. The lowest BCUT2D eigenvalue weighted by Gasteiger charge is -2.28. The predicted molar refractivity (Wildman–Crippen MR) is 92.7 cm³/mol. The summed E-state index contributed by atoms with van der Waals surface area (Å²) in [6.45, 7) is 0.732. The van der Waals surface area contributed by atoms with E-state index in [-0.39, 0.29) is 24.3 Å². The molecule has 1 fully saturated rings. The summed E-state index contributed by atoms with van der Waals surface area (Å²) in [7, 11) is 0. The van der Waals surface area contributed by atoms with Crippen LogP contribution in [0.15, 0.2) is 47.7 Å². The lowest BCUT2D eigenvalue weighted by Crippen LogP contribution is -2.26. The van der Waals surface area contributed by atoms with Gasteiger partial charge in [0.15, 0.2) is 0 Å². The number of hydrogen-bond donors (Lipinski definition) is 1. The van der Waals surface area contributed by atoms with Crippen molar-refractivity contribution in [3.05, 3.63) is 53.2 Å². The third-order valence-electron chi connectivity index (χ3n) is 5.03. The Hall–Kier alpha value is -2.50. The van der Waals surface area contributed by atoms with Crippen LogP contribution in [-0.4, -0.2) is 20.5 Å². The van der Waals surface area contributed by atoms with Crippen LogP contribution in [0.25, 0.3) is 22.2 Å². The monoisotopic (exact) mass is 343 g/mol. The fraction of sp³-hybridized carbons (Fsp3) is 0.368. The van der Waals surface area contributed by atoms with Crippen LogP contribution < -0.4 is 5.56 Å². The average Bonchev–Trinajstić information content (AvgIpc) is 3.00. The molecule has 0 atom stereocenters. The molecule has 4 rings (SSSR count). The maximum absolute atomic E-state index is 13.3. The SMILES string of the molecule is O=c1ccc(-c2cnc3ccn(CC4CCC(F)(F)CC4)c3c2)c[nH]1. The highest BCUT2D eigenvalue weighted by Crippen LogP contribution is 2.37. The van der Waals surface area contributed by atoms with Crippen LogP contribution in [0.4, 0.5) is 8.78 Å². The molecule has 3 aromatic heterocycles. The maximum atomic E-state index is 13.3. The molecular formula is C19H19F2N3O. The topological polar surface area (TPSA) is 50.7 Å². The highest BCUT2D eigenvalue weighted by atomic mass is 19.3. The summed E-state index contributed by atoms with van der Waals surface area (Å²) in [5, 5.41) is 0. The molecule has 0 radical (unpaired) electrons. The van der Waals surface area contributed by atoms with E-state index in [2.05, 4.69) is 14.5 Å². The second-order valence-electron chi connectivity index (χ2n) is 6.84. The smallest absolute Gasteiger partial charge is 0.248 e. The first-order valence-corrected chi connectivity index (χ1v) is 8.52. The summed E-state index contributed by atoms with van der Waals surface area (Å²) in [5.41, 5.74) is 3.53. The minimum absolute atomic E-state index is 0.0161. The van der Waals surface area contributed by atoms with Crippen LogP contribution in [0.2, 0.25) is 0 Å². The fourth-order valence-corrected chi connectivity index (χ4v) is 3.53. The molecule has 4 nitrogen and oxygen atoms in total. The van der Waals surface area contributed by atoms with Crippen molar-refractivity contribution in [3.63, 3.8) is 0 Å². The largest absolute Gasteiger partial charge is 0.346 e. The van der Waals surface area contributed by atoms with Crippen molar-refractivity contribution < 1.29 is 8.78 Å². The summed E-state index contributed by atoms with van der Waals surface area (Å²) >= 11 is 0. The molecule has 0 unspecified atom stereocenters. The van der Waals surface area contributed by atoms with Crippen LogP contribution >= 0.6 is 0 Å². The zero-order chi connectivity index (χ0) is 17.4. The summed E-state index contributed by atoms with van der Waals surface area (Å²) in [4.78, 5) is 18.4. The molecule has 0 amide bonds. The van der Waals surface area contributed by atoms with E-state index >= 15 is 0 Å². The number of alkyl halides is 2. The first-order chi connectivity index (χ1) is 12.0. The molecule has 6 heteroatoms. The van der Waals surface area contributed by atoms with E-state index in [4.69, 9.17) is 0 Å². The third-order valence-corrected chi connectivity index (χ3v) is 5.03. The molecule has 0 saturated heterocycles. The van der Waals surface area contributed by atoms with Gasteiger partial charge in [0.05, 0.1) is 11.0 Å². The average molecular weight is 343 g/mol. The summed E-state index contributed by atoms with van der Waals surface area (Å²) in [6, 6.07) is 7.23. The number of nitrogens with one attached hydrogen (secondary N) is 1. The first-order valence-electron chi connectivity index (χ1n) is 8.52. The van der Waals surface area contributed by atoms with Crippen molar-refractivity contribution in [1.82, 2.24) is 14.5 Å². The lowest BCUT2D eigenvalue weighted by atomic mass is 9.87. The van der Waals surface area contributed by atoms with Gasteiger partial charge in [0.1, 0.15) is 0 Å². The van der Waals surface area contributed by atoms with Gasteiger partial charge in [-0.2, -0.15) is 0 Å². The first kappa shape index (κ1) is 16.0. The van der Waals surface area contributed by atoms with Crippen LogP contribution in [-0.2, 0) is 6.54 Å². The molecule has 130 valence electrons. The number of rotatable bonds is 3. The van der Waals surface area contributed by atoms with E-state index in [1.54, 1.807) is 18.5 Å². The number of aromatic nitrogens is 3. The zero-order valence-electron chi connectivity index (χ0n) is 13.7. The van der Waals surface area contributed by atoms with Crippen LogP contribution in [0.3, 0.4) is 0 Å². The molecular weight excluding hydrogens is 324 g/mol. The highest BCUT2D eigenvalue weighted by Gasteiger charge is 2.34. The minimum Gasteiger partial charge on any atom is -0.346 e. The van der Waals surface area contributed by atoms with E-state index in [0.717, 1.165) is 28.7 Å². The molecule has 1 aliphatic carbocycles. The van der Waals surface area contributed by atoms with Gasteiger partial charge in [-0.15, -0.1) is 0 Å². The Kier molecular flexibility index (Phi) is 3.90. The van der Waals surface area contributed by atoms with E-state index in [0.29, 0.717) is 12.8 Å². The van der Waals surface area contributed by atoms with Gasteiger partial charge in [-0.05, 0) is 42.5 Å². The van der Waals surface area contributed by atoms with Crippen molar-refractivity contribution in [2.45, 2.75) is 38.2 Å². The Morgan fingerprint density at radius 3 is 2.72 bits per heavy atom. The number of halogens is 2. The van der Waals surface area contributed by atoms with E-state index in [1.807, 2.05) is 18.3 Å². The Bertz CT molecular complexity index is 930. The Morgan fingerprint density at radius 2 is 2.00 bits per heavy atom. The van der Waals surface area contributed by atoms with E-state index in [9.17, 15) is 13.6 Å². The molecule has 25 heavy (non-hydrogen) atoms. The summed E-state index contributed by atoms with van der Waals surface area (Å²) < 4.78 is 28.8. The molecule has 0 bridgehead atoms. The molecule has 3 heterocycles. The molecule has 1 N–H and O–H groups in total. The van der Waals surface area contributed by atoms with Gasteiger partial charge in [-0.25, -0.2) is 8.78 Å². The van der Waals surface area contributed by atoms with Gasteiger partial charge in [-0.1, -0.05) is 0 Å². The third kappa shape index (κ3) is 3.34. The van der Waals surface area contributed by atoms with Crippen LogP contribution in [0.1, 0.15) is 25.7 Å². The fourth-order valence-electron chi connectivity index (χ4n) is 3.53. The van der Waals surface area contributed by atoms with Gasteiger partial charge in [0.25, 0.3) is 0 Å². The Morgan fingerprint density at radius 1 is 1.20 bits per heavy atom. The van der Waals surface area contributed by atoms with Gasteiger partial charge < -0.3 is 9.55 Å². The molecule has 0 aromatic carbocycles. The van der Waals surface area contributed by atoms with Gasteiger partial charge in [0, 0.05) is 49.6 Å². The summed E-state index contributed by atoms with van der Waals surface area (Å²) in [6.07, 6.45) is 6.50. The molecule has 0 spiro atoms. The molecule has 3 aromatic rings. The quantitative estimate of drug-likeness (QED) is 0.774. The highest BCUT2D eigenvalue weighted by molar-refractivity contribution is 5.81. The molecule has 1 aliphatic rings. The van der Waals surface area contributed by atoms with Crippen molar-refractivity contribution in [3.8, 4) is 11.1 Å². The van der Waals surface area contributed by atoms with E-state index < -0.39 is 5.92 Å². The molecule has 0 aliphatic heterocycles. The van der Waals surface area contributed by atoms with Gasteiger partial charge >= 0.3 is 0 Å². The normalized spacial score (nSPS) is 17.8. The van der Waals surface area contributed by atoms with Crippen molar-refractivity contribution >= 4 is 11.0 Å². The van der Waals surface area contributed by atoms with E-state index in [1.165, 1.54) is 6.07 Å². The van der Waals surface area contributed by atoms with Crippen LogP contribution in [0.5, 0.6) is 0 Å². The Labute approximate surface area is 143 Å². The van der Waals surface area contributed by atoms with Gasteiger partial charge in [0.2, 0.25) is 11.5 Å². The van der Waals surface area contributed by atoms with Crippen molar-refractivity contribution in [2.24, 2.45) is 5.92 Å². The number of nitrogens with zero attached hydrogens (tertiary/aromatic N) is 2. The molecule has 1 saturated carbocycles. The van der Waals surface area contributed by atoms with Crippen LogP contribution in [0, 0.1) is 5.92 Å². The second-order valence-corrected chi connectivity index (χ2v) is 6.84. The lowest BCUT2D eigenvalue weighted by molar-refractivity contribution is -0.0472. The van der Waals surface area contributed by atoms with Crippen molar-refractivity contribution in [1.29, 1.82) is 0 Å². The second kappa shape index (κ2) is 6.10. The Balaban J connectivity index is 1.61. The van der Waals surface area contributed by atoms with Gasteiger partial charge in [-0.3, -0.25) is 9.78 Å². The number of hydrogen-bond acceptors (Lipinski definition) is 2.